The first-order valence-electron chi connectivity index (χ1n) is 9.20. The molecule has 0 atom stereocenters. The third kappa shape index (κ3) is 2.70. The molecule has 2 aliphatic rings. The van der Waals surface area contributed by atoms with Crippen LogP contribution in [0.2, 0.25) is 0 Å². The first kappa shape index (κ1) is 15.6. The summed E-state index contributed by atoms with van der Waals surface area (Å²) in [5.74, 6) is 2.55. The van der Waals surface area contributed by atoms with Crippen molar-refractivity contribution in [2.45, 2.75) is 37.8 Å². The molecule has 134 valence electrons. The summed E-state index contributed by atoms with van der Waals surface area (Å²) in [5, 5.41) is 13.4. The average Bonchev–Trinajstić information content (AvgIpc) is 2.96. The fourth-order valence-electron chi connectivity index (χ4n) is 3.60. The fraction of sp³-hybridized carbons (Fsp3) is 0.500. The number of nitrogens with zero attached hydrogens (tertiary/aromatic N) is 8. The standard InChI is InChI=1S/C18H22N8/c1-24(9-14-7-8-19-12-20-14)15-10-25(11-15)17-6-5-16-21-22-18(26(16)23-17)13-3-2-4-13/h5-8,12-13,15H,2-4,9-11H2,1H3. The van der Waals surface area contributed by atoms with E-state index < -0.39 is 0 Å². The summed E-state index contributed by atoms with van der Waals surface area (Å²) in [6, 6.07) is 6.55. The Hall–Kier alpha value is -2.61. The molecule has 1 saturated heterocycles. The summed E-state index contributed by atoms with van der Waals surface area (Å²) in [6.45, 7) is 2.78. The Kier molecular flexibility index (Phi) is 3.77. The lowest BCUT2D eigenvalue weighted by Gasteiger charge is -2.44. The van der Waals surface area contributed by atoms with Gasteiger partial charge in [0.05, 0.1) is 5.69 Å². The van der Waals surface area contributed by atoms with Crippen molar-refractivity contribution in [3.8, 4) is 0 Å². The Balaban J connectivity index is 1.27. The maximum atomic E-state index is 4.82. The second-order valence-electron chi connectivity index (χ2n) is 7.32. The summed E-state index contributed by atoms with van der Waals surface area (Å²) >= 11 is 0. The molecule has 3 aromatic rings. The van der Waals surface area contributed by atoms with Gasteiger partial charge in [0.1, 0.15) is 12.1 Å². The molecule has 1 saturated carbocycles. The van der Waals surface area contributed by atoms with Gasteiger partial charge in [0.15, 0.2) is 11.5 Å². The largest absolute Gasteiger partial charge is 0.352 e. The van der Waals surface area contributed by atoms with Crippen LogP contribution in [0, 0.1) is 0 Å². The zero-order chi connectivity index (χ0) is 17.5. The van der Waals surface area contributed by atoms with E-state index in [1.54, 1.807) is 12.5 Å². The molecular weight excluding hydrogens is 328 g/mol. The molecule has 1 aliphatic heterocycles. The molecule has 0 N–H and O–H groups in total. The zero-order valence-corrected chi connectivity index (χ0v) is 14.9. The van der Waals surface area contributed by atoms with E-state index >= 15 is 0 Å². The number of rotatable bonds is 5. The molecule has 0 unspecified atom stereocenters. The quantitative estimate of drug-likeness (QED) is 0.690. The molecule has 1 aliphatic carbocycles. The van der Waals surface area contributed by atoms with E-state index in [-0.39, 0.29) is 0 Å². The molecule has 4 heterocycles. The first-order chi connectivity index (χ1) is 12.8. The maximum Gasteiger partial charge on any atom is 0.178 e. The van der Waals surface area contributed by atoms with E-state index in [2.05, 4.69) is 43.1 Å². The van der Waals surface area contributed by atoms with E-state index in [0.717, 1.165) is 42.6 Å². The van der Waals surface area contributed by atoms with Gasteiger partial charge >= 0.3 is 0 Å². The van der Waals surface area contributed by atoms with Gasteiger partial charge in [0.2, 0.25) is 0 Å². The summed E-state index contributed by atoms with van der Waals surface area (Å²) in [5.41, 5.74) is 1.89. The molecule has 0 aromatic carbocycles. The minimum absolute atomic E-state index is 0.509. The van der Waals surface area contributed by atoms with E-state index in [0.29, 0.717) is 12.0 Å². The minimum Gasteiger partial charge on any atom is -0.352 e. The van der Waals surface area contributed by atoms with Gasteiger partial charge in [0.25, 0.3) is 0 Å². The van der Waals surface area contributed by atoms with Crippen LogP contribution in [0.5, 0.6) is 0 Å². The normalized spacial score (nSPS) is 18.3. The Morgan fingerprint density at radius 2 is 2.04 bits per heavy atom. The van der Waals surface area contributed by atoms with Crippen LogP contribution >= 0.6 is 0 Å². The van der Waals surface area contributed by atoms with Crippen molar-refractivity contribution in [1.82, 2.24) is 34.7 Å². The van der Waals surface area contributed by atoms with Crippen LogP contribution < -0.4 is 4.90 Å². The second-order valence-corrected chi connectivity index (χ2v) is 7.32. The molecule has 26 heavy (non-hydrogen) atoms. The highest BCUT2D eigenvalue weighted by molar-refractivity contribution is 5.48. The lowest BCUT2D eigenvalue weighted by atomic mass is 9.85. The number of likely N-dealkylation sites (N-methyl/N-ethyl adjacent to an activating group) is 1. The first-order valence-corrected chi connectivity index (χ1v) is 9.20. The van der Waals surface area contributed by atoms with Gasteiger partial charge in [0, 0.05) is 37.8 Å². The molecule has 0 amide bonds. The van der Waals surface area contributed by atoms with Gasteiger partial charge in [-0.3, -0.25) is 4.90 Å². The number of hydrogen-bond donors (Lipinski definition) is 0. The van der Waals surface area contributed by atoms with Crippen LogP contribution in [0.3, 0.4) is 0 Å². The molecule has 0 bridgehead atoms. The molecular formula is C18H22N8. The van der Waals surface area contributed by atoms with Crippen LogP contribution in [0.1, 0.15) is 36.7 Å². The van der Waals surface area contributed by atoms with E-state index in [9.17, 15) is 0 Å². The topological polar surface area (TPSA) is 75.3 Å². The zero-order valence-electron chi connectivity index (χ0n) is 14.9. The number of fused-ring (bicyclic) bond motifs is 1. The summed E-state index contributed by atoms with van der Waals surface area (Å²) in [7, 11) is 2.15. The van der Waals surface area contributed by atoms with Crippen molar-refractivity contribution in [3.63, 3.8) is 0 Å². The highest BCUT2D eigenvalue weighted by Gasteiger charge is 2.32. The van der Waals surface area contributed by atoms with E-state index in [4.69, 9.17) is 5.10 Å². The third-order valence-electron chi connectivity index (χ3n) is 5.61. The lowest BCUT2D eigenvalue weighted by Crippen LogP contribution is -2.58. The summed E-state index contributed by atoms with van der Waals surface area (Å²) < 4.78 is 1.94. The van der Waals surface area contributed by atoms with Crippen LogP contribution in [0.4, 0.5) is 5.82 Å². The Morgan fingerprint density at radius 1 is 1.15 bits per heavy atom. The number of aromatic nitrogens is 6. The highest BCUT2D eigenvalue weighted by atomic mass is 15.4. The number of hydrogen-bond acceptors (Lipinski definition) is 7. The van der Waals surface area contributed by atoms with Crippen molar-refractivity contribution < 1.29 is 0 Å². The monoisotopic (exact) mass is 350 g/mol. The molecule has 8 nitrogen and oxygen atoms in total. The van der Waals surface area contributed by atoms with Crippen LogP contribution in [-0.2, 0) is 6.54 Å². The minimum atomic E-state index is 0.509. The van der Waals surface area contributed by atoms with Crippen molar-refractivity contribution >= 4 is 11.5 Å². The van der Waals surface area contributed by atoms with Crippen LogP contribution in [-0.4, -0.2) is 60.9 Å². The number of anilines is 1. The van der Waals surface area contributed by atoms with Gasteiger partial charge in [-0.2, -0.15) is 4.52 Å². The van der Waals surface area contributed by atoms with Crippen molar-refractivity contribution in [1.29, 1.82) is 0 Å². The van der Waals surface area contributed by atoms with Gasteiger partial charge in [-0.1, -0.05) is 6.42 Å². The molecule has 8 heteroatoms. The molecule has 3 aromatic heterocycles. The van der Waals surface area contributed by atoms with Crippen LogP contribution in [0.15, 0.2) is 30.7 Å². The van der Waals surface area contributed by atoms with Crippen LogP contribution in [0.25, 0.3) is 5.65 Å². The smallest absolute Gasteiger partial charge is 0.178 e. The second kappa shape index (κ2) is 6.28. The Bertz CT molecular complexity index is 898. The van der Waals surface area contributed by atoms with Crippen molar-refractivity contribution in [2.24, 2.45) is 0 Å². The van der Waals surface area contributed by atoms with Gasteiger partial charge in [-0.15, -0.1) is 15.3 Å². The molecule has 0 radical (unpaired) electrons. The molecule has 5 rings (SSSR count). The van der Waals surface area contributed by atoms with Gasteiger partial charge in [-0.25, -0.2) is 9.97 Å². The summed E-state index contributed by atoms with van der Waals surface area (Å²) in [4.78, 5) is 12.9. The fourth-order valence-corrected chi connectivity index (χ4v) is 3.60. The predicted octanol–water partition coefficient (Wildman–Crippen LogP) is 1.50. The molecule has 2 fully saturated rings. The van der Waals surface area contributed by atoms with Gasteiger partial charge in [-0.05, 0) is 38.1 Å². The average molecular weight is 350 g/mol. The van der Waals surface area contributed by atoms with Crippen molar-refractivity contribution in [3.05, 3.63) is 42.2 Å². The third-order valence-corrected chi connectivity index (χ3v) is 5.61. The van der Waals surface area contributed by atoms with Crippen molar-refractivity contribution in [2.75, 3.05) is 25.0 Å². The Labute approximate surface area is 151 Å². The van der Waals surface area contributed by atoms with Gasteiger partial charge < -0.3 is 4.90 Å². The Morgan fingerprint density at radius 3 is 2.77 bits per heavy atom. The SMILES string of the molecule is CN(Cc1ccncn1)C1CN(c2ccc3nnc(C4CCC4)n3n2)C1. The maximum absolute atomic E-state index is 4.82. The van der Waals surface area contributed by atoms with E-state index in [1.807, 2.05) is 16.6 Å². The highest BCUT2D eigenvalue weighted by Crippen LogP contribution is 2.35. The summed E-state index contributed by atoms with van der Waals surface area (Å²) in [6.07, 6.45) is 7.08. The predicted molar refractivity (Wildman–Crippen MR) is 96.9 cm³/mol. The van der Waals surface area contributed by atoms with E-state index in [1.165, 1.54) is 19.3 Å². The molecule has 0 spiro atoms. The lowest BCUT2D eigenvalue weighted by molar-refractivity contribution is 0.194.